The number of nitrogens with zero attached hydrogens (tertiary/aromatic N) is 3. The van der Waals surface area contributed by atoms with Crippen LogP contribution >= 0.6 is 0 Å². The number of aromatic amines is 1. The minimum Gasteiger partial charge on any atom is -0.330 e. The average Bonchev–Trinajstić information content (AvgIpc) is 2.77. The van der Waals surface area contributed by atoms with Crippen molar-refractivity contribution in [3.8, 4) is 0 Å². The Morgan fingerprint density at radius 1 is 1.64 bits per heavy atom. The van der Waals surface area contributed by atoms with Gasteiger partial charge in [0, 0.05) is 6.42 Å². The number of nitrogens with one attached hydrogen (secondary N) is 1. The maximum Gasteiger partial charge on any atom is 0.149 e. The highest BCUT2D eigenvalue weighted by atomic mass is 15.5. The molecule has 78 valence electrons. The molecule has 1 aromatic heterocycles. The first-order chi connectivity index (χ1) is 6.74. The highest BCUT2D eigenvalue weighted by molar-refractivity contribution is 4.95. The predicted octanol–water partition coefficient (Wildman–Crippen LogP) is 0.507. The topological polar surface area (TPSA) is 80.5 Å². The van der Waals surface area contributed by atoms with Gasteiger partial charge in [-0.2, -0.15) is 0 Å². The summed E-state index contributed by atoms with van der Waals surface area (Å²) >= 11 is 0. The lowest BCUT2D eigenvalue weighted by molar-refractivity contribution is 0.289. The fourth-order valence-corrected chi connectivity index (χ4v) is 2.52. The maximum absolute atomic E-state index is 5.87. The molecule has 2 rings (SSSR count). The molecule has 1 saturated carbocycles. The van der Waals surface area contributed by atoms with E-state index in [1.54, 1.807) is 0 Å². The van der Waals surface area contributed by atoms with E-state index < -0.39 is 0 Å². The van der Waals surface area contributed by atoms with Crippen molar-refractivity contribution >= 4 is 0 Å². The van der Waals surface area contributed by atoms with Crippen molar-refractivity contribution in [2.75, 3.05) is 6.54 Å². The molecule has 0 spiro atoms. The Hall–Kier alpha value is -0.970. The lowest BCUT2D eigenvalue weighted by atomic mass is 9.82. The van der Waals surface area contributed by atoms with E-state index in [1.807, 2.05) is 0 Å². The van der Waals surface area contributed by atoms with E-state index in [-0.39, 0.29) is 5.41 Å². The number of tetrazole rings is 1. The van der Waals surface area contributed by atoms with Crippen LogP contribution in [-0.2, 0) is 6.42 Å². The van der Waals surface area contributed by atoms with Crippen molar-refractivity contribution in [1.29, 1.82) is 0 Å². The number of H-pyrrole nitrogens is 1. The fraction of sp³-hybridized carbons (Fsp3) is 0.889. The summed E-state index contributed by atoms with van der Waals surface area (Å²) in [7, 11) is 0. The number of nitrogens with two attached hydrogens (primary N) is 1. The van der Waals surface area contributed by atoms with Crippen molar-refractivity contribution in [1.82, 2.24) is 20.6 Å². The Labute approximate surface area is 83.5 Å². The Balaban J connectivity index is 2.06. The Morgan fingerprint density at radius 3 is 3.00 bits per heavy atom. The summed E-state index contributed by atoms with van der Waals surface area (Å²) in [5.41, 5.74) is 6.10. The van der Waals surface area contributed by atoms with Gasteiger partial charge < -0.3 is 5.73 Å². The van der Waals surface area contributed by atoms with Gasteiger partial charge in [0.25, 0.3) is 0 Å². The lowest BCUT2D eigenvalue weighted by Crippen LogP contribution is -2.30. The summed E-state index contributed by atoms with van der Waals surface area (Å²) in [6.07, 6.45) is 4.56. The van der Waals surface area contributed by atoms with E-state index in [0.717, 1.165) is 24.7 Å². The van der Waals surface area contributed by atoms with E-state index in [2.05, 4.69) is 27.5 Å². The van der Waals surface area contributed by atoms with Crippen LogP contribution < -0.4 is 5.73 Å². The van der Waals surface area contributed by atoms with Crippen LogP contribution in [0.15, 0.2) is 0 Å². The van der Waals surface area contributed by atoms with E-state index in [0.29, 0.717) is 0 Å². The summed E-state index contributed by atoms with van der Waals surface area (Å²) in [6.45, 7) is 3.02. The first kappa shape index (κ1) is 9.58. The smallest absolute Gasteiger partial charge is 0.149 e. The molecule has 0 radical (unpaired) electrons. The van der Waals surface area contributed by atoms with E-state index in [9.17, 15) is 0 Å². The molecule has 1 fully saturated rings. The van der Waals surface area contributed by atoms with E-state index >= 15 is 0 Å². The number of hydrogen-bond acceptors (Lipinski definition) is 4. The number of aromatic nitrogens is 4. The van der Waals surface area contributed by atoms with Crippen LogP contribution in [0, 0.1) is 11.3 Å². The standard InChI is InChI=1S/C9H17N5/c1-7-2-3-9(4-7,6-10)5-8-11-13-14-12-8/h7H,2-6,10H2,1H3,(H,11,12,13,14)/t7-,9-/m1/s1. The largest absolute Gasteiger partial charge is 0.330 e. The third kappa shape index (κ3) is 1.77. The van der Waals surface area contributed by atoms with Gasteiger partial charge in [0.1, 0.15) is 5.82 Å². The maximum atomic E-state index is 5.87. The quantitative estimate of drug-likeness (QED) is 0.736. The molecule has 1 heterocycles. The highest BCUT2D eigenvalue weighted by Gasteiger charge is 2.37. The number of hydrogen-bond donors (Lipinski definition) is 2. The molecule has 0 unspecified atom stereocenters. The molecule has 5 nitrogen and oxygen atoms in total. The van der Waals surface area contributed by atoms with Crippen LogP contribution in [0.4, 0.5) is 0 Å². The second-order valence-corrected chi connectivity index (χ2v) is 4.58. The van der Waals surface area contributed by atoms with E-state index in [4.69, 9.17) is 5.73 Å². The van der Waals surface area contributed by atoms with Crippen molar-refractivity contribution in [3.63, 3.8) is 0 Å². The molecular weight excluding hydrogens is 178 g/mol. The molecule has 0 bridgehead atoms. The minimum atomic E-state index is 0.237. The molecule has 0 aliphatic heterocycles. The third-order valence-electron chi connectivity index (χ3n) is 3.31. The molecule has 0 saturated heterocycles. The highest BCUT2D eigenvalue weighted by Crippen LogP contribution is 2.42. The molecule has 1 aliphatic rings. The normalized spacial score (nSPS) is 32.3. The van der Waals surface area contributed by atoms with Gasteiger partial charge in [-0.1, -0.05) is 13.3 Å². The van der Waals surface area contributed by atoms with E-state index in [1.165, 1.54) is 19.3 Å². The summed E-state index contributed by atoms with van der Waals surface area (Å²) in [5, 5.41) is 13.9. The fourth-order valence-electron chi connectivity index (χ4n) is 2.52. The second-order valence-electron chi connectivity index (χ2n) is 4.58. The molecule has 14 heavy (non-hydrogen) atoms. The zero-order chi connectivity index (χ0) is 10.0. The zero-order valence-corrected chi connectivity index (χ0v) is 8.53. The second kappa shape index (κ2) is 3.65. The van der Waals surface area contributed by atoms with Crippen LogP contribution in [0.25, 0.3) is 0 Å². The Bertz CT molecular complexity index is 283. The van der Waals surface area contributed by atoms with Gasteiger partial charge in [-0.25, -0.2) is 5.10 Å². The Morgan fingerprint density at radius 2 is 2.50 bits per heavy atom. The minimum absolute atomic E-state index is 0.237. The van der Waals surface area contributed by atoms with Crippen LogP contribution in [-0.4, -0.2) is 27.2 Å². The molecule has 2 atom stereocenters. The van der Waals surface area contributed by atoms with Crippen molar-refractivity contribution in [2.45, 2.75) is 32.6 Å². The van der Waals surface area contributed by atoms with Crippen LogP contribution in [0.1, 0.15) is 32.0 Å². The van der Waals surface area contributed by atoms with Gasteiger partial charge in [-0.05, 0) is 41.1 Å². The molecule has 5 heteroatoms. The first-order valence-electron chi connectivity index (χ1n) is 5.17. The number of rotatable bonds is 3. The Kier molecular flexibility index (Phi) is 2.50. The van der Waals surface area contributed by atoms with Crippen LogP contribution in [0.2, 0.25) is 0 Å². The third-order valence-corrected chi connectivity index (χ3v) is 3.31. The molecule has 3 N–H and O–H groups in total. The van der Waals surface area contributed by atoms with Gasteiger partial charge >= 0.3 is 0 Å². The van der Waals surface area contributed by atoms with Gasteiger partial charge in [-0.15, -0.1) is 5.10 Å². The summed E-state index contributed by atoms with van der Waals surface area (Å²) in [5.74, 6) is 1.65. The van der Waals surface area contributed by atoms with Gasteiger partial charge in [0.15, 0.2) is 0 Å². The molecule has 1 aromatic rings. The predicted molar refractivity (Wildman–Crippen MR) is 52.4 cm³/mol. The lowest BCUT2D eigenvalue weighted by Gasteiger charge is -2.25. The monoisotopic (exact) mass is 195 g/mol. The summed E-state index contributed by atoms with van der Waals surface area (Å²) in [4.78, 5) is 0. The van der Waals surface area contributed by atoms with Crippen molar-refractivity contribution < 1.29 is 0 Å². The van der Waals surface area contributed by atoms with Gasteiger partial charge in [0.2, 0.25) is 0 Å². The SMILES string of the molecule is C[C@@H]1CC[C@](CN)(Cc2nnn[nH]2)C1. The zero-order valence-electron chi connectivity index (χ0n) is 8.53. The summed E-state index contributed by atoms with van der Waals surface area (Å²) in [6, 6.07) is 0. The van der Waals surface area contributed by atoms with Gasteiger partial charge in [-0.3, -0.25) is 0 Å². The molecule has 0 aromatic carbocycles. The molecular formula is C9H17N5. The van der Waals surface area contributed by atoms with Crippen molar-refractivity contribution in [3.05, 3.63) is 5.82 Å². The molecule has 0 amide bonds. The average molecular weight is 195 g/mol. The van der Waals surface area contributed by atoms with Gasteiger partial charge in [0.05, 0.1) is 0 Å². The first-order valence-corrected chi connectivity index (χ1v) is 5.17. The van der Waals surface area contributed by atoms with Crippen molar-refractivity contribution in [2.24, 2.45) is 17.1 Å². The van der Waals surface area contributed by atoms with Crippen LogP contribution in [0.5, 0.6) is 0 Å². The molecule has 1 aliphatic carbocycles. The summed E-state index contributed by atoms with van der Waals surface area (Å²) < 4.78 is 0. The van der Waals surface area contributed by atoms with Crippen LogP contribution in [0.3, 0.4) is 0 Å².